The zero-order valence-corrected chi connectivity index (χ0v) is 18.6. The van der Waals surface area contributed by atoms with E-state index in [1.165, 1.54) is 0 Å². The first-order valence-electron chi connectivity index (χ1n) is 10.6. The lowest BCUT2D eigenvalue weighted by atomic mass is 9.97. The van der Waals surface area contributed by atoms with Gasteiger partial charge >= 0.3 is 6.03 Å². The Labute approximate surface area is 188 Å². The minimum absolute atomic E-state index is 0.0390. The monoisotopic (exact) mass is 429 g/mol. The standard InChI is InChI=1S/C25H27N5O2/c1-17-9-11-19(12-10-17)27-25(32)28-22-8-4-6-18-16-30(15-13-20(18)22)24(31)21-7-5-14-26-23(21)29(2)3/h4-12,14H,13,15-16H2,1-3H3,(H2,27,28,32). The van der Waals surface area contributed by atoms with Crippen LogP contribution in [0.1, 0.15) is 27.0 Å². The number of fused-ring (bicyclic) bond motifs is 1. The van der Waals surface area contributed by atoms with Crippen molar-refractivity contribution in [3.05, 3.63) is 83.0 Å². The maximum atomic E-state index is 13.2. The summed E-state index contributed by atoms with van der Waals surface area (Å²) >= 11 is 0. The molecule has 0 radical (unpaired) electrons. The van der Waals surface area contributed by atoms with Crippen LogP contribution in [0.2, 0.25) is 0 Å². The zero-order chi connectivity index (χ0) is 22.7. The van der Waals surface area contributed by atoms with Gasteiger partial charge in [0.05, 0.1) is 5.56 Å². The van der Waals surface area contributed by atoms with Gasteiger partial charge in [-0.05, 0) is 54.8 Å². The topological polar surface area (TPSA) is 77.6 Å². The summed E-state index contributed by atoms with van der Waals surface area (Å²) in [6.07, 6.45) is 2.36. The van der Waals surface area contributed by atoms with Crippen LogP contribution in [0.3, 0.4) is 0 Å². The first-order chi connectivity index (χ1) is 15.4. The van der Waals surface area contributed by atoms with Gasteiger partial charge in [-0.25, -0.2) is 9.78 Å². The quantitative estimate of drug-likeness (QED) is 0.648. The first-order valence-corrected chi connectivity index (χ1v) is 10.6. The lowest BCUT2D eigenvalue weighted by molar-refractivity contribution is 0.0735. The van der Waals surface area contributed by atoms with Crippen molar-refractivity contribution in [2.75, 3.05) is 36.2 Å². The summed E-state index contributed by atoms with van der Waals surface area (Å²) in [4.78, 5) is 33.7. The molecule has 3 aromatic rings. The molecular formula is C25H27N5O2. The highest BCUT2D eigenvalue weighted by molar-refractivity contribution is 6.01. The minimum atomic E-state index is -0.285. The Hall–Kier alpha value is -3.87. The molecule has 0 fully saturated rings. The van der Waals surface area contributed by atoms with Crippen molar-refractivity contribution in [3.8, 4) is 0 Å². The number of aryl methyl sites for hydroxylation is 1. The van der Waals surface area contributed by atoms with Crippen molar-refractivity contribution in [1.82, 2.24) is 9.88 Å². The van der Waals surface area contributed by atoms with E-state index in [9.17, 15) is 9.59 Å². The molecule has 164 valence electrons. The van der Waals surface area contributed by atoms with E-state index in [2.05, 4.69) is 15.6 Å². The van der Waals surface area contributed by atoms with Gasteiger partial charge in [0.25, 0.3) is 5.91 Å². The summed E-state index contributed by atoms with van der Waals surface area (Å²) < 4.78 is 0. The summed E-state index contributed by atoms with van der Waals surface area (Å²) in [5.74, 6) is 0.620. The number of carbonyl (C=O) groups excluding carboxylic acids is 2. The number of nitrogens with zero attached hydrogens (tertiary/aromatic N) is 3. The van der Waals surface area contributed by atoms with E-state index in [1.54, 1.807) is 12.3 Å². The lowest BCUT2D eigenvalue weighted by Gasteiger charge is -2.31. The lowest BCUT2D eigenvalue weighted by Crippen LogP contribution is -2.37. The van der Waals surface area contributed by atoms with Gasteiger partial charge in [-0.2, -0.15) is 0 Å². The third-order valence-corrected chi connectivity index (χ3v) is 5.55. The van der Waals surface area contributed by atoms with Gasteiger partial charge in [0.15, 0.2) is 0 Å². The predicted molar refractivity (Wildman–Crippen MR) is 127 cm³/mol. The van der Waals surface area contributed by atoms with Crippen LogP contribution in [-0.2, 0) is 13.0 Å². The van der Waals surface area contributed by atoms with E-state index in [1.807, 2.05) is 79.3 Å². The highest BCUT2D eigenvalue weighted by atomic mass is 16.2. The van der Waals surface area contributed by atoms with E-state index in [-0.39, 0.29) is 11.9 Å². The SMILES string of the molecule is Cc1ccc(NC(=O)Nc2cccc3c2CCN(C(=O)c2cccnc2N(C)C)C3)cc1. The number of aromatic nitrogens is 1. The fourth-order valence-electron chi connectivity index (χ4n) is 3.91. The summed E-state index contributed by atoms with van der Waals surface area (Å²) in [7, 11) is 3.76. The average molecular weight is 430 g/mol. The number of hydrogen-bond acceptors (Lipinski definition) is 4. The maximum absolute atomic E-state index is 13.2. The molecule has 0 atom stereocenters. The van der Waals surface area contributed by atoms with Gasteiger partial charge in [0.2, 0.25) is 0 Å². The van der Waals surface area contributed by atoms with Crippen LogP contribution in [0, 0.1) is 6.92 Å². The summed E-state index contributed by atoms with van der Waals surface area (Å²) in [6, 6.07) is 16.8. The maximum Gasteiger partial charge on any atom is 0.323 e. The molecule has 0 unspecified atom stereocenters. The molecule has 0 bridgehead atoms. The molecule has 0 spiro atoms. The van der Waals surface area contributed by atoms with Crippen molar-refractivity contribution < 1.29 is 9.59 Å². The number of pyridine rings is 1. The van der Waals surface area contributed by atoms with Gasteiger partial charge in [-0.15, -0.1) is 0 Å². The minimum Gasteiger partial charge on any atom is -0.362 e. The third kappa shape index (κ3) is 4.56. The molecule has 1 aliphatic heterocycles. The van der Waals surface area contributed by atoms with Crippen molar-refractivity contribution in [3.63, 3.8) is 0 Å². The second-order valence-electron chi connectivity index (χ2n) is 8.13. The van der Waals surface area contributed by atoms with E-state index in [4.69, 9.17) is 0 Å². The van der Waals surface area contributed by atoms with Crippen LogP contribution in [0.5, 0.6) is 0 Å². The third-order valence-electron chi connectivity index (χ3n) is 5.55. The highest BCUT2D eigenvalue weighted by Gasteiger charge is 2.26. The summed E-state index contributed by atoms with van der Waals surface area (Å²) in [5.41, 5.74) is 5.34. The number of benzene rings is 2. The van der Waals surface area contributed by atoms with Crippen molar-refractivity contribution in [2.24, 2.45) is 0 Å². The van der Waals surface area contributed by atoms with E-state index in [0.717, 1.165) is 28.1 Å². The fourth-order valence-corrected chi connectivity index (χ4v) is 3.91. The van der Waals surface area contributed by atoms with Gasteiger partial charge in [0, 0.05) is 44.8 Å². The number of carbonyl (C=O) groups is 2. The van der Waals surface area contributed by atoms with Crippen molar-refractivity contribution in [2.45, 2.75) is 19.9 Å². The number of amides is 3. The predicted octanol–water partition coefficient (Wildman–Crippen LogP) is 4.30. The van der Waals surface area contributed by atoms with E-state index < -0.39 is 0 Å². The van der Waals surface area contributed by atoms with Crippen LogP contribution in [-0.4, -0.2) is 42.5 Å². The highest BCUT2D eigenvalue weighted by Crippen LogP contribution is 2.28. The average Bonchev–Trinajstić information content (AvgIpc) is 2.80. The van der Waals surface area contributed by atoms with Crippen LogP contribution < -0.4 is 15.5 Å². The van der Waals surface area contributed by atoms with Gasteiger partial charge < -0.3 is 20.4 Å². The molecule has 7 nitrogen and oxygen atoms in total. The van der Waals surface area contributed by atoms with Gasteiger partial charge in [-0.1, -0.05) is 29.8 Å². The Morgan fingerprint density at radius 3 is 2.53 bits per heavy atom. The fraction of sp³-hybridized carbons (Fsp3) is 0.240. The van der Waals surface area contributed by atoms with Crippen LogP contribution >= 0.6 is 0 Å². The van der Waals surface area contributed by atoms with Crippen LogP contribution in [0.25, 0.3) is 0 Å². The molecule has 1 aliphatic rings. The van der Waals surface area contributed by atoms with E-state index >= 15 is 0 Å². The largest absolute Gasteiger partial charge is 0.362 e. The molecule has 3 amide bonds. The van der Waals surface area contributed by atoms with Crippen molar-refractivity contribution in [1.29, 1.82) is 0 Å². The zero-order valence-electron chi connectivity index (χ0n) is 18.6. The molecule has 0 saturated heterocycles. The molecule has 32 heavy (non-hydrogen) atoms. The first kappa shape index (κ1) is 21.4. The number of nitrogens with one attached hydrogen (secondary N) is 2. The molecular weight excluding hydrogens is 402 g/mol. The molecule has 4 rings (SSSR count). The summed E-state index contributed by atoms with van der Waals surface area (Å²) in [5, 5.41) is 5.83. The van der Waals surface area contributed by atoms with Gasteiger partial charge in [0.1, 0.15) is 5.82 Å². The second-order valence-corrected chi connectivity index (χ2v) is 8.13. The molecule has 2 aromatic carbocycles. The Kier molecular flexibility index (Phi) is 6.07. The summed E-state index contributed by atoms with van der Waals surface area (Å²) in [6.45, 7) is 3.07. The second kappa shape index (κ2) is 9.09. The van der Waals surface area contributed by atoms with E-state index in [0.29, 0.717) is 30.9 Å². The molecule has 7 heteroatoms. The Balaban J connectivity index is 1.48. The van der Waals surface area contributed by atoms with Crippen LogP contribution in [0.4, 0.5) is 22.0 Å². The Morgan fingerprint density at radius 1 is 1.00 bits per heavy atom. The van der Waals surface area contributed by atoms with Crippen LogP contribution in [0.15, 0.2) is 60.8 Å². The number of hydrogen-bond donors (Lipinski definition) is 2. The number of urea groups is 1. The molecule has 2 N–H and O–H groups in total. The molecule has 0 aliphatic carbocycles. The molecule has 1 aromatic heterocycles. The van der Waals surface area contributed by atoms with Gasteiger partial charge in [-0.3, -0.25) is 4.79 Å². The smallest absolute Gasteiger partial charge is 0.323 e. The van der Waals surface area contributed by atoms with Crippen molar-refractivity contribution >= 4 is 29.1 Å². The molecule has 2 heterocycles. The number of rotatable bonds is 4. The normalized spacial score (nSPS) is 12.7. The Morgan fingerprint density at radius 2 is 1.78 bits per heavy atom. The number of anilines is 3. The Bertz CT molecular complexity index is 1140. The molecule has 0 saturated carbocycles.